The third-order valence-corrected chi connectivity index (χ3v) is 7.36. The van der Waals surface area contributed by atoms with Crippen LogP contribution < -0.4 is 4.74 Å². The number of fused-ring (bicyclic) bond motifs is 4. The highest BCUT2D eigenvalue weighted by molar-refractivity contribution is 5.94. The van der Waals surface area contributed by atoms with Gasteiger partial charge in [-0.3, -0.25) is 0 Å². The number of rotatable bonds is 5. The summed E-state index contributed by atoms with van der Waals surface area (Å²) in [5.74, 6) is 0.637. The summed E-state index contributed by atoms with van der Waals surface area (Å²) in [5, 5.41) is 11.4. The first kappa shape index (κ1) is 22.4. The number of unbranched alkanes of at least 4 members (excludes halogenated alkanes) is 1. The van der Waals surface area contributed by atoms with Gasteiger partial charge in [-0.05, 0) is 68.5 Å². The van der Waals surface area contributed by atoms with Crippen LogP contribution in [0.2, 0.25) is 0 Å². The van der Waals surface area contributed by atoms with E-state index in [1.54, 1.807) is 0 Å². The molecule has 0 saturated heterocycles. The third-order valence-electron chi connectivity index (χ3n) is 7.36. The van der Waals surface area contributed by atoms with Crippen LogP contribution in [0.3, 0.4) is 0 Å². The molecule has 176 valence electrons. The van der Waals surface area contributed by atoms with E-state index in [0.29, 0.717) is 13.2 Å². The van der Waals surface area contributed by atoms with Crippen molar-refractivity contribution in [3.63, 3.8) is 0 Å². The van der Waals surface area contributed by atoms with Gasteiger partial charge in [-0.2, -0.15) is 0 Å². The molecule has 1 N–H and O–H groups in total. The monoisotopic (exact) mass is 451 g/mol. The molecule has 5 rings (SSSR count). The Bertz CT molecular complexity index is 1140. The van der Waals surface area contributed by atoms with Crippen molar-refractivity contribution in [3.8, 4) is 11.4 Å². The smallest absolute Gasteiger partial charge is 0.129 e. The summed E-state index contributed by atoms with van der Waals surface area (Å²) in [6.45, 7) is 7.86. The molecule has 1 fully saturated rings. The quantitative estimate of drug-likeness (QED) is 0.457. The van der Waals surface area contributed by atoms with Gasteiger partial charge in [0.05, 0.1) is 30.4 Å². The van der Waals surface area contributed by atoms with Crippen LogP contribution in [0.5, 0.6) is 5.75 Å². The van der Waals surface area contributed by atoms with Crippen LogP contribution in [0.1, 0.15) is 70.6 Å². The molecule has 2 heterocycles. The zero-order valence-corrected chi connectivity index (χ0v) is 19.9. The van der Waals surface area contributed by atoms with E-state index >= 15 is 0 Å². The predicted molar refractivity (Wildman–Crippen MR) is 129 cm³/mol. The summed E-state index contributed by atoms with van der Waals surface area (Å²) in [6, 6.07) is 13.0. The minimum Gasteiger partial charge on any atom is -0.493 e. The van der Waals surface area contributed by atoms with E-state index in [2.05, 4.69) is 37.5 Å². The molecule has 2 aromatic carbocycles. The maximum Gasteiger partial charge on any atom is 0.129 e. The number of hydrogen-bond donors (Lipinski definition) is 1. The number of aromatic nitrogens is 1. The summed E-state index contributed by atoms with van der Waals surface area (Å²) in [5.41, 5.74) is 3.71. The van der Waals surface area contributed by atoms with Gasteiger partial charge in [-0.1, -0.05) is 33.3 Å². The summed E-state index contributed by atoms with van der Waals surface area (Å²) < 4.78 is 29.2. The summed E-state index contributed by atoms with van der Waals surface area (Å²) in [4.78, 5) is 0. The number of aliphatic hydroxyl groups is 1. The van der Waals surface area contributed by atoms with Gasteiger partial charge in [0.2, 0.25) is 0 Å². The van der Waals surface area contributed by atoms with Crippen LogP contribution in [0.25, 0.3) is 16.6 Å². The fourth-order valence-electron chi connectivity index (χ4n) is 5.62. The summed E-state index contributed by atoms with van der Waals surface area (Å²) >= 11 is 0. The molecule has 0 bridgehead atoms. The molecule has 1 aliphatic carbocycles. The van der Waals surface area contributed by atoms with Crippen molar-refractivity contribution in [3.05, 3.63) is 59.5 Å². The van der Waals surface area contributed by atoms with E-state index in [1.807, 2.05) is 18.2 Å². The normalized spacial score (nSPS) is 24.2. The number of aliphatic hydroxyl groups excluding tert-OH is 1. The van der Waals surface area contributed by atoms with Crippen LogP contribution in [-0.4, -0.2) is 29.0 Å². The maximum atomic E-state index is 13.8. The second-order valence-corrected chi connectivity index (χ2v) is 10.3. The van der Waals surface area contributed by atoms with Gasteiger partial charge in [-0.25, -0.2) is 4.39 Å². The lowest BCUT2D eigenvalue weighted by atomic mass is 9.71. The summed E-state index contributed by atoms with van der Waals surface area (Å²) in [7, 11) is 0. The first-order chi connectivity index (χ1) is 15.9. The molecule has 4 nitrogen and oxygen atoms in total. The zero-order chi connectivity index (χ0) is 23.2. The van der Waals surface area contributed by atoms with Crippen LogP contribution in [-0.2, 0) is 15.8 Å². The van der Waals surface area contributed by atoms with Crippen molar-refractivity contribution in [2.24, 2.45) is 0 Å². The molecule has 0 atom stereocenters. The first-order valence-corrected chi connectivity index (χ1v) is 12.3. The van der Waals surface area contributed by atoms with E-state index in [4.69, 9.17) is 9.47 Å². The molecular weight excluding hydrogens is 417 g/mol. The molecule has 0 radical (unpaired) electrons. The Morgan fingerprint density at radius 1 is 1.12 bits per heavy atom. The van der Waals surface area contributed by atoms with Crippen molar-refractivity contribution in [2.45, 2.75) is 76.4 Å². The highest BCUT2D eigenvalue weighted by Gasteiger charge is 2.50. The van der Waals surface area contributed by atoms with E-state index in [9.17, 15) is 9.50 Å². The second-order valence-electron chi connectivity index (χ2n) is 10.3. The summed E-state index contributed by atoms with van der Waals surface area (Å²) in [6.07, 6.45) is 4.80. The highest BCUT2D eigenvalue weighted by atomic mass is 19.1. The van der Waals surface area contributed by atoms with Crippen LogP contribution in [0.15, 0.2) is 42.5 Å². The fourth-order valence-corrected chi connectivity index (χ4v) is 5.62. The lowest BCUT2D eigenvalue weighted by molar-refractivity contribution is -0.120. The standard InChI is InChI=1S/C28H34FNO3/c1-4-5-17-32-23-8-6-7-22-24(23)25-26(30(22)20-11-9-19(29)10-12-20)27(2,3)18-33-28(25)15-13-21(31)14-16-28/h6-12,21,31H,4-5,13-18H2,1-3H3/t21-,28-. The molecule has 0 unspecified atom stereocenters. The topological polar surface area (TPSA) is 43.6 Å². The Hall–Kier alpha value is -2.37. The predicted octanol–water partition coefficient (Wildman–Crippen LogP) is 6.39. The van der Waals surface area contributed by atoms with E-state index in [1.165, 1.54) is 23.4 Å². The fraction of sp³-hybridized carbons (Fsp3) is 0.500. The zero-order valence-electron chi connectivity index (χ0n) is 19.9. The van der Waals surface area contributed by atoms with Crippen molar-refractivity contribution >= 4 is 10.9 Å². The van der Waals surface area contributed by atoms with Gasteiger partial charge < -0.3 is 19.1 Å². The number of hydrogen-bond acceptors (Lipinski definition) is 3. The van der Waals surface area contributed by atoms with Crippen LogP contribution >= 0.6 is 0 Å². The van der Waals surface area contributed by atoms with Gasteiger partial charge in [0.1, 0.15) is 11.6 Å². The Balaban J connectivity index is 1.82. The third kappa shape index (κ3) is 3.75. The number of ether oxygens (including phenoxy) is 2. The van der Waals surface area contributed by atoms with Crippen molar-refractivity contribution < 1.29 is 19.0 Å². The van der Waals surface area contributed by atoms with Crippen LogP contribution in [0.4, 0.5) is 4.39 Å². The molecule has 1 saturated carbocycles. The van der Waals surface area contributed by atoms with Crippen molar-refractivity contribution in [1.82, 2.24) is 4.57 Å². The highest BCUT2D eigenvalue weighted by Crippen LogP contribution is 2.54. The average molecular weight is 452 g/mol. The average Bonchev–Trinajstić information content (AvgIpc) is 3.18. The number of halogens is 1. The van der Waals surface area contributed by atoms with E-state index in [0.717, 1.165) is 60.9 Å². The Morgan fingerprint density at radius 2 is 1.85 bits per heavy atom. The molecule has 0 amide bonds. The minimum absolute atomic E-state index is 0.243. The van der Waals surface area contributed by atoms with Gasteiger partial charge >= 0.3 is 0 Å². The Kier molecular flexibility index (Phi) is 5.74. The largest absolute Gasteiger partial charge is 0.493 e. The van der Waals surface area contributed by atoms with E-state index in [-0.39, 0.29) is 17.3 Å². The Morgan fingerprint density at radius 3 is 2.55 bits per heavy atom. The molecule has 2 aliphatic rings. The first-order valence-electron chi connectivity index (χ1n) is 12.3. The van der Waals surface area contributed by atoms with Crippen molar-refractivity contribution in [2.75, 3.05) is 13.2 Å². The SMILES string of the molecule is CCCCOc1cccc2c1c1c(n2-c2ccc(F)cc2)C(C)(C)CO[C@]12CC[C@H](O)CC2. The maximum absolute atomic E-state index is 13.8. The molecule has 3 aromatic rings. The Labute approximate surface area is 195 Å². The molecule has 1 aromatic heterocycles. The van der Waals surface area contributed by atoms with Gasteiger partial charge in [0.25, 0.3) is 0 Å². The molecule has 1 aliphatic heterocycles. The molecular formula is C28H34FNO3. The van der Waals surface area contributed by atoms with Gasteiger partial charge in [0.15, 0.2) is 0 Å². The van der Waals surface area contributed by atoms with E-state index < -0.39 is 5.60 Å². The second kappa shape index (κ2) is 8.44. The number of benzene rings is 2. The molecule has 1 spiro atoms. The molecule has 33 heavy (non-hydrogen) atoms. The van der Waals surface area contributed by atoms with Crippen molar-refractivity contribution in [1.29, 1.82) is 0 Å². The van der Waals surface area contributed by atoms with Gasteiger partial charge in [0, 0.05) is 27.7 Å². The number of nitrogens with zero attached hydrogens (tertiary/aromatic N) is 1. The van der Waals surface area contributed by atoms with Gasteiger partial charge in [-0.15, -0.1) is 0 Å². The lowest BCUT2D eigenvalue weighted by Gasteiger charge is -2.47. The minimum atomic E-state index is -0.447. The lowest BCUT2D eigenvalue weighted by Crippen LogP contribution is -2.46. The van der Waals surface area contributed by atoms with Crippen LogP contribution in [0, 0.1) is 5.82 Å². The molecule has 5 heteroatoms.